The standard InChI is InChI=1S/C36H24N2S/c1-2-10-23(11-3-1)37-31-16-8-5-14-29(31)35-32(37)21-20-28-25-12-4-7-15-30(25)38(36(28)35)24-18-19-27-26-13-6-9-17-33(26)39-34(27)22-24/h1-18,20-22,27H,19H2. The first-order valence-corrected chi connectivity index (χ1v) is 14.4. The number of nitrogens with zero attached hydrogens (tertiary/aromatic N) is 2. The average molecular weight is 517 g/mol. The molecule has 0 fully saturated rings. The molecular weight excluding hydrogens is 492 g/mol. The van der Waals surface area contributed by atoms with Gasteiger partial charge in [-0.15, -0.1) is 0 Å². The van der Waals surface area contributed by atoms with Gasteiger partial charge in [-0.25, -0.2) is 0 Å². The number of benzene rings is 5. The third kappa shape index (κ3) is 2.94. The summed E-state index contributed by atoms with van der Waals surface area (Å²) in [5, 5.41) is 5.20. The molecule has 2 nitrogen and oxygen atoms in total. The monoisotopic (exact) mass is 516 g/mol. The van der Waals surface area contributed by atoms with Gasteiger partial charge in [0.1, 0.15) is 0 Å². The van der Waals surface area contributed by atoms with Crippen LogP contribution in [0.15, 0.2) is 137 Å². The second-order valence-electron chi connectivity index (χ2n) is 10.5. The summed E-state index contributed by atoms with van der Waals surface area (Å²) in [5.41, 5.74) is 8.97. The molecule has 0 bridgehead atoms. The molecule has 0 spiro atoms. The molecule has 2 aliphatic rings. The summed E-state index contributed by atoms with van der Waals surface area (Å²) in [6.07, 6.45) is 5.93. The summed E-state index contributed by atoms with van der Waals surface area (Å²) in [6.45, 7) is 0. The van der Waals surface area contributed by atoms with Crippen molar-refractivity contribution in [2.75, 3.05) is 0 Å². The Morgan fingerprint density at radius 1 is 0.590 bits per heavy atom. The van der Waals surface area contributed by atoms with Crippen LogP contribution < -0.4 is 0 Å². The lowest BCUT2D eigenvalue weighted by molar-refractivity contribution is 0.834. The number of hydrogen-bond donors (Lipinski definition) is 0. The topological polar surface area (TPSA) is 9.86 Å². The van der Waals surface area contributed by atoms with Crippen molar-refractivity contribution in [3.63, 3.8) is 0 Å². The predicted octanol–water partition coefficient (Wildman–Crippen LogP) is 9.91. The van der Waals surface area contributed by atoms with E-state index in [1.54, 1.807) is 0 Å². The number of hydrogen-bond acceptors (Lipinski definition) is 1. The van der Waals surface area contributed by atoms with Gasteiger partial charge in [-0.05, 0) is 59.4 Å². The van der Waals surface area contributed by atoms with Gasteiger partial charge in [0.2, 0.25) is 0 Å². The van der Waals surface area contributed by atoms with Gasteiger partial charge in [-0.1, -0.05) is 96.7 Å². The molecule has 7 aromatic rings. The maximum atomic E-state index is 2.53. The molecule has 184 valence electrons. The van der Waals surface area contributed by atoms with Crippen molar-refractivity contribution >= 4 is 61.1 Å². The molecule has 0 radical (unpaired) electrons. The van der Waals surface area contributed by atoms with Gasteiger partial charge in [0.25, 0.3) is 0 Å². The van der Waals surface area contributed by atoms with E-state index in [1.165, 1.54) is 70.4 Å². The SMILES string of the molecule is C1=C2Sc3ccccc3C2CC=C1n1c2ccccc2c2ccc3c(c4ccccc4n3-c3ccccc3)c21. The number of thioether (sulfide) groups is 1. The zero-order valence-corrected chi connectivity index (χ0v) is 22.0. The number of allylic oxidation sites excluding steroid dienone is 4. The Morgan fingerprint density at radius 2 is 1.31 bits per heavy atom. The second kappa shape index (κ2) is 8.02. The van der Waals surface area contributed by atoms with E-state index < -0.39 is 0 Å². The number of fused-ring (bicyclic) bond motifs is 10. The first-order valence-electron chi connectivity index (χ1n) is 13.6. The molecule has 3 heterocycles. The normalized spacial score (nSPS) is 16.6. The lowest BCUT2D eigenvalue weighted by Gasteiger charge is -2.19. The van der Waals surface area contributed by atoms with Gasteiger partial charge >= 0.3 is 0 Å². The van der Waals surface area contributed by atoms with Gasteiger partial charge in [0.05, 0.1) is 22.1 Å². The molecule has 0 N–H and O–H groups in total. The van der Waals surface area contributed by atoms with Gasteiger partial charge in [0.15, 0.2) is 0 Å². The third-order valence-electron chi connectivity index (χ3n) is 8.46. The van der Waals surface area contributed by atoms with Crippen LogP contribution >= 0.6 is 11.8 Å². The molecule has 1 aliphatic carbocycles. The van der Waals surface area contributed by atoms with Crippen molar-refractivity contribution in [2.24, 2.45) is 0 Å². The predicted molar refractivity (Wildman–Crippen MR) is 166 cm³/mol. The van der Waals surface area contributed by atoms with Crippen molar-refractivity contribution < 1.29 is 0 Å². The van der Waals surface area contributed by atoms with Crippen LogP contribution in [0, 0.1) is 0 Å². The molecule has 1 atom stereocenters. The van der Waals surface area contributed by atoms with Crippen molar-refractivity contribution in [1.29, 1.82) is 0 Å². The minimum Gasteiger partial charge on any atom is -0.309 e. The van der Waals surface area contributed by atoms with Crippen LogP contribution in [-0.2, 0) is 0 Å². The average Bonchev–Trinajstić information content (AvgIpc) is 3.64. The van der Waals surface area contributed by atoms with E-state index in [0.29, 0.717) is 5.92 Å². The number of rotatable bonds is 2. The van der Waals surface area contributed by atoms with E-state index in [1.807, 2.05) is 11.8 Å². The summed E-state index contributed by atoms with van der Waals surface area (Å²) in [7, 11) is 0. The molecule has 0 saturated carbocycles. The third-order valence-corrected chi connectivity index (χ3v) is 9.69. The van der Waals surface area contributed by atoms with Crippen LogP contribution in [0.25, 0.3) is 55.0 Å². The molecule has 1 unspecified atom stereocenters. The number of para-hydroxylation sites is 3. The fraction of sp³-hybridized carbons (Fsp3) is 0.0556. The minimum absolute atomic E-state index is 0.475. The Kier molecular flexibility index (Phi) is 4.41. The van der Waals surface area contributed by atoms with Gasteiger partial charge in [-0.3, -0.25) is 0 Å². The van der Waals surface area contributed by atoms with Gasteiger partial charge in [-0.2, -0.15) is 0 Å². The van der Waals surface area contributed by atoms with Crippen LogP contribution in [0.4, 0.5) is 0 Å². The highest BCUT2D eigenvalue weighted by Gasteiger charge is 2.30. The molecule has 3 heteroatoms. The summed E-state index contributed by atoms with van der Waals surface area (Å²) in [4.78, 5) is 2.86. The highest BCUT2D eigenvalue weighted by molar-refractivity contribution is 8.03. The van der Waals surface area contributed by atoms with Crippen molar-refractivity contribution in [3.05, 3.63) is 138 Å². The van der Waals surface area contributed by atoms with E-state index in [9.17, 15) is 0 Å². The Bertz CT molecular complexity index is 2170. The maximum absolute atomic E-state index is 2.53. The van der Waals surface area contributed by atoms with Crippen molar-refractivity contribution in [3.8, 4) is 5.69 Å². The van der Waals surface area contributed by atoms with Crippen LogP contribution in [-0.4, -0.2) is 9.13 Å². The van der Waals surface area contributed by atoms with Crippen LogP contribution in [0.5, 0.6) is 0 Å². The summed E-state index contributed by atoms with van der Waals surface area (Å²) < 4.78 is 4.95. The molecule has 0 saturated heterocycles. The van der Waals surface area contributed by atoms with Crippen molar-refractivity contribution in [1.82, 2.24) is 9.13 Å². The number of aromatic nitrogens is 2. The quantitative estimate of drug-likeness (QED) is 0.222. The maximum Gasteiger partial charge on any atom is 0.0641 e. The summed E-state index contributed by atoms with van der Waals surface area (Å²) >= 11 is 1.94. The molecule has 9 rings (SSSR count). The fourth-order valence-corrected chi connectivity index (χ4v) is 8.09. The van der Waals surface area contributed by atoms with E-state index >= 15 is 0 Å². The van der Waals surface area contributed by atoms with Crippen molar-refractivity contribution in [2.45, 2.75) is 17.2 Å². The summed E-state index contributed by atoms with van der Waals surface area (Å²) in [6, 6.07) is 42.0. The highest BCUT2D eigenvalue weighted by atomic mass is 32.2. The first kappa shape index (κ1) is 21.5. The van der Waals surface area contributed by atoms with E-state index in [0.717, 1.165) is 6.42 Å². The van der Waals surface area contributed by atoms with Gasteiger partial charge in [0, 0.05) is 43.7 Å². The Balaban J connectivity index is 1.39. The smallest absolute Gasteiger partial charge is 0.0641 e. The second-order valence-corrected chi connectivity index (χ2v) is 11.6. The van der Waals surface area contributed by atoms with E-state index in [-0.39, 0.29) is 0 Å². The van der Waals surface area contributed by atoms with E-state index in [2.05, 4.69) is 137 Å². The lowest BCUT2D eigenvalue weighted by Crippen LogP contribution is -2.04. The fourth-order valence-electron chi connectivity index (χ4n) is 6.82. The molecule has 0 amide bonds. The minimum atomic E-state index is 0.475. The highest BCUT2D eigenvalue weighted by Crippen LogP contribution is 2.53. The summed E-state index contributed by atoms with van der Waals surface area (Å²) in [5.74, 6) is 0.475. The van der Waals surface area contributed by atoms with Crippen LogP contribution in [0.1, 0.15) is 17.9 Å². The molecule has 39 heavy (non-hydrogen) atoms. The molecular formula is C36H24N2S. The van der Waals surface area contributed by atoms with Crippen LogP contribution in [0.2, 0.25) is 0 Å². The first-order chi connectivity index (χ1) is 19.4. The lowest BCUT2D eigenvalue weighted by atomic mass is 9.91. The zero-order valence-electron chi connectivity index (χ0n) is 21.2. The molecule has 5 aromatic carbocycles. The van der Waals surface area contributed by atoms with Crippen LogP contribution in [0.3, 0.4) is 0 Å². The zero-order chi connectivity index (χ0) is 25.5. The van der Waals surface area contributed by atoms with E-state index in [4.69, 9.17) is 0 Å². The van der Waals surface area contributed by atoms with Gasteiger partial charge < -0.3 is 9.13 Å². The Hall–Kier alpha value is -4.47. The Morgan fingerprint density at radius 3 is 2.18 bits per heavy atom. The Labute approximate surface area is 230 Å². The molecule has 1 aliphatic heterocycles. The largest absolute Gasteiger partial charge is 0.309 e. The molecule has 2 aromatic heterocycles.